The Morgan fingerprint density at radius 1 is 1.00 bits per heavy atom. The number of rotatable bonds is 6. The van der Waals surface area contributed by atoms with Crippen molar-refractivity contribution in [3.05, 3.63) is 47.5 Å². The number of morpholine rings is 1. The lowest BCUT2D eigenvalue weighted by atomic mass is 10.0. The van der Waals surface area contributed by atoms with Gasteiger partial charge < -0.3 is 14.2 Å². The molecule has 0 spiro atoms. The maximum Gasteiger partial charge on any atom is 0.194 e. The van der Waals surface area contributed by atoms with Crippen molar-refractivity contribution in [2.75, 3.05) is 46.6 Å². The summed E-state index contributed by atoms with van der Waals surface area (Å²) in [6.07, 6.45) is 0.941. The molecule has 136 valence electrons. The maximum atomic E-state index is 12.7. The summed E-state index contributed by atoms with van der Waals surface area (Å²) in [6.45, 7) is 5.21. The zero-order valence-corrected chi connectivity index (χ0v) is 15.0. The molecule has 1 fully saturated rings. The van der Waals surface area contributed by atoms with Crippen LogP contribution in [0.25, 0.3) is 11.1 Å². The molecule has 1 aliphatic carbocycles. The molecular formula is C21H23NO4. The summed E-state index contributed by atoms with van der Waals surface area (Å²) in [5.74, 6) is 1.49. The van der Waals surface area contributed by atoms with Crippen LogP contribution in [-0.2, 0) is 4.74 Å². The fraction of sp³-hybridized carbons (Fsp3) is 0.381. The van der Waals surface area contributed by atoms with E-state index < -0.39 is 0 Å². The zero-order chi connectivity index (χ0) is 17.9. The number of fused-ring (bicyclic) bond motifs is 3. The van der Waals surface area contributed by atoms with Gasteiger partial charge in [-0.25, -0.2) is 0 Å². The Hall–Kier alpha value is -2.37. The summed E-state index contributed by atoms with van der Waals surface area (Å²) in [7, 11) is 1.63. The molecule has 2 aromatic rings. The van der Waals surface area contributed by atoms with Crippen LogP contribution in [0.2, 0.25) is 0 Å². The van der Waals surface area contributed by atoms with Crippen LogP contribution in [0.5, 0.6) is 11.5 Å². The van der Waals surface area contributed by atoms with Crippen LogP contribution in [0.4, 0.5) is 0 Å². The van der Waals surface area contributed by atoms with Crippen molar-refractivity contribution in [2.45, 2.75) is 6.42 Å². The van der Waals surface area contributed by atoms with Crippen LogP contribution >= 0.6 is 0 Å². The van der Waals surface area contributed by atoms with E-state index >= 15 is 0 Å². The van der Waals surface area contributed by atoms with Gasteiger partial charge in [0.2, 0.25) is 0 Å². The molecule has 0 saturated carbocycles. The zero-order valence-electron chi connectivity index (χ0n) is 15.0. The molecule has 1 saturated heterocycles. The average Bonchev–Trinajstić information content (AvgIpc) is 2.99. The molecule has 5 nitrogen and oxygen atoms in total. The smallest absolute Gasteiger partial charge is 0.194 e. The lowest BCUT2D eigenvalue weighted by Gasteiger charge is -2.26. The minimum atomic E-state index is 0.0349. The second kappa shape index (κ2) is 7.48. The first-order valence-electron chi connectivity index (χ1n) is 9.07. The van der Waals surface area contributed by atoms with E-state index in [0.717, 1.165) is 56.1 Å². The van der Waals surface area contributed by atoms with Crippen molar-refractivity contribution in [3.8, 4) is 22.6 Å². The Morgan fingerprint density at radius 2 is 1.65 bits per heavy atom. The highest BCUT2D eigenvalue weighted by Gasteiger charge is 2.32. The molecule has 0 aromatic heterocycles. The first-order chi connectivity index (χ1) is 12.8. The number of hydrogen-bond donors (Lipinski definition) is 0. The number of benzene rings is 2. The summed E-state index contributed by atoms with van der Waals surface area (Å²) >= 11 is 0. The van der Waals surface area contributed by atoms with Crippen LogP contribution in [0.15, 0.2) is 36.4 Å². The molecule has 4 rings (SSSR count). The predicted octanol–water partition coefficient (Wildman–Crippen LogP) is 3.01. The van der Waals surface area contributed by atoms with Crippen molar-refractivity contribution in [1.82, 2.24) is 4.90 Å². The molecule has 26 heavy (non-hydrogen) atoms. The van der Waals surface area contributed by atoms with Crippen LogP contribution < -0.4 is 9.47 Å². The van der Waals surface area contributed by atoms with Gasteiger partial charge in [0, 0.05) is 41.9 Å². The monoisotopic (exact) mass is 353 g/mol. The molecule has 5 heteroatoms. The highest BCUT2D eigenvalue weighted by atomic mass is 16.5. The summed E-state index contributed by atoms with van der Waals surface area (Å²) in [6, 6.07) is 11.3. The Balaban J connectivity index is 1.52. The van der Waals surface area contributed by atoms with E-state index in [-0.39, 0.29) is 5.78 Å². The normalized spacial score (nSPS) is 16.3. The van der Waals surface area contributed by atoms with Crippen molar-refractivity contribution < 1.29 is 19.0 Å². The van der Waals surface area contributed by atoms with Gasteiger partial charge in [-0.15, -0.1) is 0 Å². The lowest BCUT2D eigenvalue weighted by Crippen LogP contribution is -2.37. The van der Waals surface area contributed by atoms with Crippen LogP contribution in [0.3, 0.4) is 0 Å². The molecule has 0 radical (unpaired) electrons. The highest BCUT2D eigenvalue weighted by molar-refractivity contribution is 6.23. The van der Waals surface area contributed by atoms with Crippen molar-refractivity contribution in [1.29, 1.82) is 0 Å². The van der Waals surface area contributed by atoms with Crippen molar-refractivity contribution in [3.63, 3.8) is 0 Å². The molecule has 0 bridgehead atoms. The van der Waals surface area contributed by atoms with Gasteiger partial charge in [0.25, 0.3) is 0 Å². The molecule has 1 aliphatic heterocycles. The SMILES string of the molecule is COc1cccc2c1-c1c(OCCCN3CCOCC3)cccc1C2=O. The summed E-state index contributed by atoms with van der Waals surface area (Å²) in [5.41, 5.74) is 3.08. The minimum absolute atomic E-state index is 0.0349. The van der Waals surface area contributed by atoms with Gasteiger partial charge in [-0.05, 0) is 18.6 Å². The van der Waals surface area contributed by atoms with Gasteiger partial charge in [-0.2, -0.15) is 0 Å². The Bertz CT molecular complexity index is 812. The third-order valence-electron chi connectivity index (χ3n) is 4.99. The van der Waals surface area contributed by atoms with Gasteiger partial charge in [-0.1, -0.05) is 24.3 Å². The van der Waals surface area contributed by atoms with E-state index in [1.165, 1.54) is 0 Å². The topological polar surface area (TPSA) is 48.0 Å². The summed E-state index contributed by atoms with van der Waals surface area (Å²) in [5, 5.41) is 0. The number of ketones is 1. The predicted molar refractivity (Wildman–Crippen MR) is 99.2 cm³/mol. The van der Waals surface area contributed by atoms with Crippen LogP contribution in [0.1, 0.15) is 22.3 Å². The highest BCUT2D eigenvalue weighted by Crippen LogP contribution is 2.47. The summed E-state index contributed by atoms with van der Waals surface area (Å²) < 4.78 is 16.9. The van der Waals surface area contributed by atoms with E-state index in [1.54, 1.807) is 7.11 Å². The van der Waals surface area contributed by atoms with Crippen molar-refractivity contribution >= 4 is 5.78 Å². The molecule has 2 aliphatic rings. The third kappa shape index (κ3) is 3.08. The summed E-state index contributed by atoms with van der Waals surface area (Å²) in [4.78, 5) is 15.1. The lowest BCUT2D eigenvalue weighted by molar-refractivity contribution is 0.0358. The quantitative estimate of drug-likeness (QED) is 0.638. The second-order valence-electron chi connectivity index (χ2n) is 6.55. The standard InChI is InChI=1S/C21H23NO4/c1-24-17-7-2-5-15-19(17)20-16(21(15)23)6-3-8-18(20)26-12-4-9-22-10-13-25-14-11-22/h2-3,5-8H,4,9-14H2,1H3. The van der Waals surface area contributed by atoms with Gasteiger partial charge in [0.05, 0.1) is 26.9 Å². The average molecular weight is 353 g/mol. The number of carbonyl (C=O) groups excluding carboxylic acids is 1. The van der Waals surface area contributed by atoms with E-state index in [1.807, 2.05) is 36.4 Å². The van der Waals surface area contributed by atoms with E-state index in [9.17, 15) is 4.79 Å². The maximum absolute atomic E-state index is 12.7. The molecular weight excluding hydrogens is 330 g/mol. The Morgan fingerprint density at radius 3 is 2.35 bits per heavy atom. The third-order valence-corrected chi connectivity index (χ3v) is 4.99. The van der Waals surface area contributed by atoms with Gasteiger partial charge in [-0.3, -0.25) is 9.69 Å². The first kappa shape index (κ1) is 17.1. The van der Waals surface area contributed by atoms with Gasteiger partial charge in [0.1, 0.15) is 11.5 Å². The van der Waals surface area contributed by atoms with E-state index in [0.29, 0.717) is 23.5 Å². The fourth-order valence-electron chi connectivity index (χ4n) is 3.69. The molecule has 0 N–H and O–H groups in total. The van der Waals surface area contributed by atoms with Crippen LogP contribution in [0, 0.1) is 0 Å². The number of nitrogens with zero attached hydrogens (tertiary/aromatic N) is 1. The number of carbonyl (C=O) groups is 1. The Kier molecular flexibility index (Phi) is 4.91. The van der Waals surface area contributed by atoms with Gasteiger partial charge >= 0.3 is 0 Å². The van der Waals surface area contributed by atoms with E-state index in [4.69, 9.17) is 14.2 Å². The second-order valence-corrected chi connectivity index (χ2v) is 6.55. The van der Waals surface area contributed by atoms with Crippen LogP contribution in [-0.4, -0.2) is 57.2 Å². The molecule has 0 unspecified atom stereocenters. The van der Waals surface area contributed by atoms with Gasteiger partial charge in [0.15, 0.2) is 5.78 Å². The van der Waals surface area contributed by atoms with E-state index in [2.05, 4.69) is 4.90 Å². The molecule has 0 amide bonds. The number of methoxy groups -OCH3 is 1. The van der Waals surface area contributed by atoms with Crippen molar-refractivity contribution in [2.24, 2.45) is 0 Å². The molecule has 1 heterocycles. The fourth-order valence-corrected chi connectivity index (χ4v) is 3.69. The number of hydrogen-bond acceptors (Lipinski definition) is 5. The Labute approximate surface area is 153 Å². The molecule has 2 aromatic carbocycles. The largest absolute Gasteiger partial charge is 0.496 e. The number of ether oxygens (including phenoxy) is 3. The molecule has 0 atom stereocenters. The minimum Gasteiger partial charge on any atom is -0.496 e. The first-order valence-corrected chi connectivity index (χ1v) is 9.07.